The van der Waals surface area contributed by atoms with Crippen molar-refractivity contribution in [2.45, 2.75) is 78.1 Å². The van der Waals surface area contributed by atoms with Crippen LogP contribution < -0.4 is 10.6 Å². The van der Waals surface area contributed by atoms with Crippen molar-refractivity contribution in [3.8, 4) is 11.1 Å². The van der Waals surface area contributed by atoms with Crippen molar-refractivity contribution < 1.29 is 0 Å². The number of benzene rings is 4. The Morgan fingerprint density at radius 2 is 0.842 bits per heavy atom. The molecule has 0 aliphatic carbocycles. The van der Waals surface area contributed by atoms with Crippen LogP contribution in [0.2, 0.25) is 0 Å². The molecule has 0 fully saturated rings. The van der Waals surface area contributed by atoms with Gasteiger partial charge in [-0.2, -0.15) is 0 Å². The fourth-order valence-corrected chi connectivity index (χ4v) is 5.14. The first-order valence-corrected chi connectivity index (χ1v) is 14.7. The van der Waals surface area contributed by atoms with Gasteiger partial charge < -0.3 is 10.6 Å². The first-order valence-electron chi connectivity index (χ1n) is 14.7. The SMILES string of the molecule is CCCCCCc1cc(Nc2ccccc2)ccc1-c1ccc(Nc2ccccc2)cc1CCCCCC. The third-order valence-corrected chi connectivity index (χ3v) is 7.22. The largest absolute Gasteiger partial charge is 0.356 e. The number of para-hydroxylation sites is 2. The quantitative estimate of drug-likeness (QED) is 0.157. The van der Waals surface area contributed by atoms with Crippen molar-refractivity contribution in [1.29, 1.82) is 0 Å². The number of aryl methyl sites for hydroxylation is 2. The summed E-state index contributed by atoms with van der Waals surface area (Å²) < 4.78 is 0. The van der Waals surface area contributed by atoms with Gasteiger partial charge in [-0.15, -0.1) is 0 Å². The summed E-state index contributed by atoms with van der Waals surface area (Å²) in [6, 6.07) is 34.9. The monoisotopic (exact) mass is 504 g/mol. The van der Waals surface area contributed by atoms with E-state index in [4.69, 9.17) is 0 Å². The van der Waals surface area contributed by atoms with E-state index in [0.29, 0.717) is 0 Å². The Hall–Kier alpha value is -3.52. The lowest BCUT2D eigenvalue weighted by Gasteiger charge is -2.18. The van der Waals surface area contributed by atoms with E-state index in [1.165, 1.54) is 73.6 Å². The van der Waals surface area contributed by atoms with Crippen LogP contribution in [0.4, 0.5) is 22.7 Å². The number of anilines is 4. The van der Waals surface area contributed by atoms with Crippen LogP contribution in [-0.4, -0.2) is 0 Å². The second-order valence-electron chi connectivity index (χ2n) is 10.3. The molecule has 0 saturated carbocycles. The highest BCUT2D eigenvalue weighted by molar-refractivity contribution is 5.77. The minimum atomic E-state index is 1.11. The van der Waals surface area contributed by atoms with E-state index in [1.54, 1.807) is 0 Å². The predicted molar refractivity (Wildman–Crippen MR) is 167 cm³/mol. The molecule has 0 radical (unpaired) electrons. The molecule has 4 rings (SSSR count). The molecule has 2 N–H and O–H groups in total. The van der Waals surface area contributed by atoms with Crippen molar-refractivity contribution in [2.24, 2.45) is 0 Å². The fourth-order valence-electron chi connectivity index (χ4n) is 5.14. The lowest BCUT2D eigenvalue weighted by Crippen LogP contribution is -1.99. The maximum atomic E-state index is 3.61. The number of rotatable bonds is 15. The van der Waals surface area contributed by atoms with Crippen molar-refractivity contribution in [3.63, 3.8) is 0 Å². The lowest BCUT2D eigenvalue weighted by atomic mass is 9.90. The molecule has 0 aliphatic rings. The average molecular weight is 505 g/mol. The summed E-state index contributed by atoms with van der Waals surface area (Å²) in [6.45, 7) is 4.57. The Morgan fingerprint density at radius 1 is 0.421 bits per heavy atom. The molecule has 0 heterocycles. The highest BCUT2D eigenvalue weighted by atomic mass is 14.9. The van der Waals surface area contributed by atoms with Gasteiger partial charge in [0.05, 0.1) is 0 Å². The number of hydrogen-bond acceptors (Lipinski definition) is 2. The maximum absolute atomic E-state index is 3.61. The van der Waals surface area contributed by atoms with E-state index in [0.717, 1.165) is 35.6 Å². The Bertz CT molecular complexity index is 1130. The smallest absolute Gasteiger partial charge is 0.0387 e. The van der Waals surface area contributed by atoms with Gasteiger partial charge in [-0.1, -0.05) is 101 Å². The molecule has 0 unspecified atom stereocenters. The number of hydrogen-bond donors (Lipinski definition) is 2. The van der Waals surface area contributed by atoms with Crippen LogP contribution in [0.15, 0.2) is 97.1 Å². The van der Waals surface area contributed by atoms with Gasteiger partial charge in [-0.25, -0.2) is 0 Å². The van der Waals surface area contributed by atoms with Crippen molar-refractivity contribution in [1.82, 2.24) is 0 Å². The van der Waals surface area contributed by atoms with Gasteiger partial charge in [0.1, 0.15) is 0 Å². The molecule has 2 nitrogen and oxygen atoms in total. The minimum absolute atomic E-state index is 1.11. The van der Waals surface area contributed by atoms with Gasteiger partial charge in [0, 0.05) is 22.7 Å². The van der Waals surface area contributed by atoms with Crippen molar-refractivity contribution in [3.05, 3.63) is 108 Å². The van der Waals surface area contributed by atoms with Gasteiger partial charge in [0.2, 0.25) is 0 Å². The van der Waals surface area contributed by atoms with Crippen molar-refractivity contribution >= 4 is 22.7 Å². The van der Waals surface area contributed by atoms with E-state index in [9.17, 15) is 0 Å². The second kappa shape index (κ2) is 15.0. The first kappa shape index (κ1) is 27.5. The second-order valence-corrected chi connectivity index (χ2v) is 10.3. The van der Waals surface area contributed by atoms with E-state index in [-0.39, 0.29) is 0 Å². The Kier molecular flexibility index (Phi) is 10.9. The molecule has 0 saturated heterocycles. The van der Waals surface area contributed by atoms with Gasteiger partial charge in [-0.3, -0.25) is 0 Å². The molecule has 38 heavy (non-hydrogen) atoms. The van der Waals surface area contributed by atoms with Crippen LogP contribution in [0, 0.1) is 0 Å². The van der Waals surface area contributed by atoms with E-state index in [2.05, 4.69) is 122 Å². The summed E-state index contributed by atoms with van der Waals surface area (Å²) in [5.41, 5.74) is 10.2. The van der Waals surface area contributed by atoms with Crippen LogP contribution in [0.1, 0.15) is 76.3 Å². The molecule has 0 atom stereocenters. The van der Waals surface area contributed by atoms with Crippen LogP contribution in [0.3, 0.4) is 0 Å². The maximum Gasteiger partial charge on any atom is 0.0387 e. The van der Waals surface area contributed by atoms with Gasteiger partial charge in [0.15, 0.2) is 0 Å². The van der Waals surface area contributed by atoms with Gasteiger partial charge in [0.25, 0.3) is 0 Å². The summed E-state index contributed by atoms with van der Waals surface area (Å²) in [4.78, 5) is 0. The zero-order valence-corrected chi connectivity index (χ0v) is 23.3. The van der Waals surface area contributed by atoms with Gasteiger partial charge in [-0.05, 0) is 96.5 Å². The third-order valence-electron chi connectivity index (χ3n) is 7.22. The average Bonchev–Trinajstić information content (AvgIpc) is 2.95. The Morgan fingerprint density at radius 3 is 1.24 bits per heavy atom. The van der Waals surface area contributed by atoms with Crippen LogP contribution in [0.5, 0.6) is 0 Å². The molecule has 2 heteroatoms. The van der Waals surface area contributed by atoms with E-state index < -0.39 is 0 Å². The van der Waals surface area contributed by atoms with Crippen LogP contribution >= 0.6 is 0 Å². The predicted octanol–water partition coefficient (Wildman–Crippen LogP) is 11.1. The molecule has 0 aliphatic heterocycles. The summed E-state index contributed by atoms with van der Waals surface area (Å²) in [5.74, 6) is 0. The van der Waals surface area contributed by atoms with E-state index in [1.807, 2.05) is 0 Å². The first-order chi connectivity index (χ1) is 18.8. The molecule has 0 aromatic heterocycles. The lowest BCUT2D eigenvalue weighted by molar-refractivity contribution is 0.665. The molecule has 0 spiro atoms. The van der Waals surface area contributed by atoms with E-state index >= 15 is 0 Å². The summed E-state index contributed by atoms with van der Waals surface area (Å²) >= 11 is 0. The third kappa shape index (κ3) is 8.25. The summed E-state index contributed by atoms with van der Waals surface area (Å²) in [6.07, 6.45) is 12.4. The standard InChI is InChI=1S/C36H44N2/c1-3-5-7-11-17-29-27-33(37-31-19-13-9-14-20-31)23-25-35(29)36-26-24-34(38-32-21-15-10-16-22-32)28-30(36)18-12-8-6-4-2/h9-10,13-16,19-28,37-38H,3-8,11-12,17-18H2,1-2H3. The zero-order valence-electron chi connectivity index (χ0n) is 23.3. The highest BCUT2D eigenvalue weighted by Gasteiger charge is 2.13. The molecule has 4 aromatic rings. The molecular weight excluding hydrogens is 460 g/mol. The van der Waals surface area contributed by atoms with Crippen LogP contribution in [0.25, 0.3) is 11.1 Å². The molecule has 198 valence electrons. The molecular formula is C36H44N2. The molecule has 0 amide bonds. The fraction of sp³-hybridized carbons (Fsp3) is 0.333. The number of nitrogens with one attached hydrogen (secondary N) is 2. The Labute approximate surface area is 230 Å². The minimum Gasteiger partial charge on any atom is -0.356 e. The molecule has 0 bridgehead atoms. The molecule has 4 aromatic carbocycles. The summed E-state index contributed by atoms with van der Waals surface area (Å²) in [7, 11) is 0. The highest BCUT2D eigenvalue weighted by Crippen LogP contribution is 2.34. The van der Waals surface area contributed by atoms with Gasteiger partial charge >= 0.3 is 0 Å². The topological polar surface area (TPSA) is 24.1 Å². The normalized spacial score (nSPS) is 10.9. The zero-order chi connectivity index (χ0) is 26.4. The van der Waals surface area contributed by atoms with Crippen molar-refractivity contribution in [2.75, 3.05) is 10.6 Å². The summed E-state index contributed by atoms with van der Waals surface area (Å²) in [5, 5.41) is 7.23. The Balaban J connectivity index is 1.66. The van der Waals surface area contributed by atoms with Crippen LogP contribution in [-0.2, 0) is 12.8 Å². The number of unbranched alkanes of at least 4 members (excludes halogenated alkanes) is 6.